The molecule has 4 fully saturated rings. The van der Waals surface area contributed by atoms with Crippen LogP contribution in [0.5, 0.6) is 0 Å². The first-order chi connectivity index (χ1) is 11.2. The predicted octanol–water partition coefficient (Wildman–Crippen LogP) is 3.09. The van der Waals surface area contributed by atoms with E-state index in [0.717, 1.165) is 30.5 Å². The zero-order chi connectivity index (χ0) is 15.8. The molecule has 0 aromatic carbocycles. The van der Waals surface area contributed by atoms with Gasteiger partial charge in [0.25, 0.3) is 5.91 Å². The molecular formula is C18H26N2O2S. The van der Waals surface area contributed by atoms with Gasteiger partial charge in [-0.05, 0) is 55.9 Å². The number of carbonyl (C=O) groups excluding carboxylic acids is 1. The highest BCUT2D eigenvalue weighted by Crippen LogP contribution is 2.35. The molecule has 0 unspecified atom stereocenters. The third-order valence-corrected chi connectivity index (χ3v) is 6.04. The summed E-state index contributed by atoms with van der Waals surface area (Å²) in [5.41, 5.74) is 0. The summed E-state index contributed by atoms with van der Waals surface area (Å²) in [6.45, 7) is 4.21. The number of thioether (sulfide) groups is 1. The van der Waals surface area contributed by atoms with Gasteiger partial charge in [0.05, 0.1) is 5.75 Å². The van der Waals surface area contributed by atoms with E-state index >= 15 is 0 Å². The minimum Gasteiger partial charge on any atom is -0.455 e. The maximum Gasteiger partial charge on any atom is 0.289 e. The molecule has 0 spiro atoms. The molecule has 3 saturated heterocycles. The lowest BCUT2D eigenvalue weighted by Crippen LogP contribution is -2.45. The van der Waals surface area contributed by atoms with E-state index in [1.54, 1.807) is 11.8 Å². The highest BCUT2D eigenvalue weighted by molar-refractivity contribution is 7.97. The van der Waals surface area contributed by atoms with Crippen molar-refractivity contribution in [3.63, 3.8) is 0 Å². The average Bonchev–Trinajstić information content (AvgIpc) is 3.31. The van der Waals surface area contributed by atoms with Crippen molar-refractivity contribution in [3.8, 4) is 0 Å². The van der Waals surface area contributed by atoms with Crippen molar-refractivity contribution in [3.05, 3.63) is 23.7 Å². The molecule has 4 aliphatic rings. The number of hydrogen-bond acceptors (Lipinski definition) is 4. The minimum absolute atomic E-state index is 0.0857. The van der Waals surface area contributed by atoms with Gasteiger partial charge < -0.3 is 9.32 Å². The standard InChI is InChI=1S/C18H26N2O2S/c1-23-12-16-6-7-17(22-16)18(21)20-10-14-4-5-15(11-20)19(9-14)8-13-2-3-13/h6-7,13-15H,2-5,8-12H2,1H3/t14-,15-/m1/s1. The quantitative estimate of drug-likeness (QED) is 0.829. The molecule has 0 radical (unpaired) electrons. The van der Waals surface area contributed by atoms with Crippen molar-refractivity contribution >= 4 is 17.7 Å². The Morgan fingerprint density at radius 3 is 2.87 bits per heavy atom. The molecule has 4 nitrogen and oxygen atoms in total. The van der Waals surface area contributed by atoms with Gasteiger partial charge in [0, 0.05) is 32.2 Å². The van der Waals surface area contributed by atoms with Crippen LogP contribution in [0.15, 0.2) is 16.5 Å². The Morgan fingerprint density at radius 2 is 2.09 bits per heavy atom. The first kappa shape index (κ1) is 15.6. The molecule has 1 saturated carbocycles. The molecule has 5 rings (SSSR count). The molecule has 2 bridgehead atoms. The lowest BCUT2D eigenvalue weighted by molar-refractivity contribution is 0.0703. The van der Waals surface area contributed by atoms with Crippen molar-refractivity contribution in [1.82, 2.24) is 9.80 Å². The smallest absolute Gasteiger partial charge is 0.289 e. The molecule has 1 aromatic heterocycles. The topological polar surface area (TPSA) is 36.7 Å². The highest BCUT2D eigenvalue weighted by Gasteiger charge is 2.39. The van der Waals surface area contributed by atoms with Crippen LogP contribution in [-0.4, -0.2) is 54.2 Å². The van der Waals surface area contributed by atoms with Gasteiger partial charge in [-0.1, -0.05) is 0 Å². The minimum atomic E-state index is 0.0857. The predicted molar refractivity (Wildman–Crippen MR) is 92.6 cm³/mol. The Hall–Kier alpha value is -0.940. The maximum atomic E-state index is 12.8. The molecule has 1 aromatic rings. The van der Waals surface area contributed by atoms with Crippen LogP contribution in [0.3, 0.4) is 0 Å². The van der Waals surface area contributed by atoms with E-state index in [0.29, 0.717) is 17.7 Å². The fourth-order valence-corrected chi connectivity index (χ4v) is 4.51. The first-order valence-electron chi connectivity index (χ1n) is 8.84. The second kappa shape index (κ2) is 6.52. The van der Waals surface area contributed by atoms with Crippen molar-refractivity contribution < 1.29 is 9.21 Å². The van der Waals surface area contributed by atoms with Crippen molar-refractivity contribution in [2.45, 2.75) is 37.5 Å². The summed E-state index contributed by atoms with van der Waals surface area (Å²) in [5, 5.41) is 0. The number of hydrogen-bond donors (Lipinski definition) is 0. The van der Waals surface area contributed by atoms with Gasteiger partial charge in [-0.2, -0.15) is 11.8 Å². The zero-order valence-electron chi connectivity index (χ0n) is 13.9. The van der Waals surface area contributed by atoms with Crippen LogP contribution in [0.1, 0.15) is 42.0 Å². The average molecular weight is 334 g/mol. The van der Waals surface area contributed by atoms with Crippen LogP contribution < -0.4 is 0 Å². The molecule has 126 valence electrons. The van der Waals surface area contributed by atoms with Gasteiger partial charge in [-0.25, -0.2) is 0 Å². The van der Waals surface area contributed by atoms with Crippen LogP contribution in [0.25, 0.3) is 0 Å². The second-order valence-electron chi connectivity index (χ2n) is 7.40. The number of nitrogens with zero attached hydrogens (tertiary/aromatic N) is 2. The Bertz CT molecular complexity index is 569. The van der Waals surface area contributed by atoms with E-state index < -0.39 is 0 Å². The Labute approximate surface area is 142 Å². The Balaban J connectivity index is 1.45. The number of rotatable bonds is 5. The Kier molecular flexibility index (Phi) is 4.41. The molecule has 2 atom stereocenters. The van der Waals surface area contributed by atoms with E-state index in [4.69, 9.17) is 4.42 Å². The first-order valence-corrected chi connectivity index (χ1v) is 10.2. The van der Waals surface area contributed by atoms with Crippen LogP contribution in [0.2, 0.25) is 0 Å². The third kappa shape index (κ3) is 3.45. The summed E-state index contributed by atoms with van der Waals surface area (Å²) < 4.78 is 5.75. The van der Waals surface area contributed by atoms with Gasteiger partial charge in [0.2, 0.25) is 0 Å². The zero-order valence-corrected chi connectivity index (χ0v) is 14.7. The normalized spacial score (nSPS) is 28.1. The molecule has 4 heterocycles. The molecule has 1 amide bonds. The summed E-state index contributed by atoms with van der Waals surface area (Å²) in [7, 11) is 0. The van der Waals surface area contributed by atoms with Gasteiger partial charge in [-0.3, -0.25) is 9.69 Å². The van der Waals surface area contributed by atoms with Crippen LogP contribution in [0.4, 0.5) is 0 Å². The summed E-state index contributed by atoms with van der Waals surface area (Å²) >= 11 is 1.72. The summed E-state index contributed by atoms with van der Waals surface area (Å²) in [6.07, 6.45) is 7.37. The second-order valence-corrected chi connectivity index (χ2v) is 8.27. The Morgan fingerprint density at radius 1 is 1.22 bits per heavy atom. The number of furan rings is 1. The molecule has 3 aliphatic heterocycles. The lowest BCUT2D eigenvalue weighted by Gasteiger charge is -2.36. The van der Waals surface area contributed by atoms with Gasteiger partial charge in [0.1, 0.15) is 5.76 Å². The van der Waals surface area contributed by atoms with Crippen LogP contribution in [0, 0.1) is 11.8 Å². The van der Waals surface area contributed by atoms with Crippen LogP contribution >= 0.6 is 11.8 Å². The van der Waals surface area contributed by atoms with E-state index in [1.165, 1.54) is 38.8 Å². The molecular weight excluding hydrogens is 308 g/mol. The fourth-order valence-electron chi connectivity index (χ4n) is 4.07. The lowest BCUT2D eigenvalue weighted by atomic mass is 9.95. The molecule has 5 heteroatoms. The van der Waals surface area contributed by atoms with Gasteiger partial charge in [0.15, 0.2) is 5.76 Å². The summed E-state index contributed by atoms with van der Waals surface area (Å²) in [4.78, 5) is 17.6. The molecule has 1 aliphatic carbocycles. The number of piperidine rings is 1. The third-order valence-electron chi connectivity index (χ3n) is 5.46. The van der Waals surface area contributed by atoms with Crippen molar-refractivity contribution in [1.29, 1.82) is 0 Å². The number of carbonyl (C=O) groups is 1. The van der Waals surface area contributed by atoms with E-state index in [2.05, 4.69) is 9.80 Å². The number of amides is 1. The summed E-state index contributed by atoms with van der Waals surface area (Å²) in [6, 6.07) is 4.34. The molecule has 23 heavy (non-hydrogen) atoms. The van der Waals surface area contributed by atoms with Crippen LogP contribution in [-0.2, 0) is 5.75 Å². The van der Waals surface area contributed by atoms with E-state index in [9.17, 15) is 4.79 Å². The van der Waals surface area contributed by atoms with E-state index in [1.807, 2.05) is 18.4 Å². The molecule has 0 N–H and O–H groups in total. The SMILES string of the molecule is CSCc1ccc(C(=O)N2C[C@@H]3CC[C@H](C2)N(CC2CC2)C3)o1. The monoisotopic (exact) mass is 334 g/mol. The van der Waals surface area contributed by atoms with Gasteiger partial charge >= 0.3 is 0 Å². The summed E-state index contributed by atoms with van der Waals surface area (Å²) in [5.74, 6) is 3.89. The van der Waals surface area contributed by atoms with Gasteiger partial charge in [-0.15, -0.1) is 0 Å². The number of fused-ring (bicyclic) bond motifs is 4. The van der Waals surface area contributed by atoms with E-state index in [-0.39, 0.29) is 5.91 Å². The maximum absolute atomic E-state index is 12.8. The van der Waals surface area contributed by atoms with Crippen molar-refractivity contribution in [2.24, 2.45) is 11.8 Å². The highest BCUT2D eigenvalue weighted by atomic mass is 32.2. The fraction of sp³-hybridized carbons (Fsp3) is 0.722. The van der Waals surface area contributed by atoms with Crippen molar-refractivity contribution in [2.75, 3.05) is 32.4 Å². The largest absolute Gasteiger partial charge is 0.455 e.